The summed E-state index contributed by atoms with van der Waals surface area (Å²) in [5.41, 5.74) is 2.84. The molecule has 0 atom stereocenters. The first-order valence-corrected chi connectivity index (χ1v) is 10.9. The van der Waals surface area contributed by atoms with Gasteiger partial charge >= 0.3 is 6.09 Å². The van der Waals surface area contributed by atoms with Crippen molar-refractivity contribution in [3.8, 4) is 17.0 Å². The molecule has 2 aromatic heterocycles. The van der Waals surface area contributed by atoms with Crippen molar-refractivity contribution in [3.05, 3.63) is 71.5 Å². The van der Waals surface area contributed by atoms with Gasteiger partial charge in [0.25, 0.3) is 0 Å². The SMILES string of the molecule is Cc1cc(-c2ccc(Cl)cc2)nc2c(OC(=O)Nc3cccc(S(N)(=O)=O)c3)cnn12. The molecular formula is C20H16ClN5O4S. The van der Waals surface area contributed by atoms with E-state index in [1.54, 1.807) is 16.6 Å². The third kappa shape index (κ3) is 4.50. The van der Waals surface area contributed by atoms with Gasteiger partial charge in [0.15, 0.2) is 11.4 Å². The van der Waals surface area contributed by atoms with Crippen LogP contribution in [-0.4, -0.2) is 29.1 Å². The molecule has 4 rings (SSSR count). The number of nitrogens with zero attached hydrogens (tertiary/aromatic N) is 3. The zero-order valence-corrected chi connectivity index (χ0v) is 17.7. The highest BCUT2D eigenvalue weighted by molar-refractivity contribution is 7.89. The Balaban J connectivity index is 1.61. The summed E-state index contributed by atoms with van der Waals surface area (Å²) < 4.78 is 29.9. The van der Waals surface area contributed by atoms with Crippen molar-refractivity contribution >= 4 is 39.1 Å². The molecule has 2 aromatic carbocycles. The molecule has 0 spiro atoms. The van der Waals surface area contributed by atoms with Crippen LogP contribution in [0.15, 0.2) is 65.7 Å². The number of carbonyl (C=O) groups is 1. The number of aryl methyl sites for hydroxylation is 1. The quantitative estimate of drug-likeness (QED) is 0.481. The van der Waals surface area contributed by atoms with Crippen molar-refractivity contribution in [2.24, 2.45) is 5.14 Å². The van der Waals surface area contributed by atoms with Crippen molar-refractivity contribution in [1.82, 2.24) is 14.6 Å². The Hall–Kier alpha value is -3.47. The second-order valence-electron chi connectivity index (χ2n) is 6.62. The highest BCUT2D eigenvalue weighted by Crippen LogP contribution is 2.26. The normalized spacial score (nSPS) is 11.5. The number of hydrogen-bond acceptors (Lipinski definition) is 6. The lowest BCUT2D eigenvalue weighted by atomic mass is 10.1. The first-order chi connectivity index (χ1) is 14.7. The number of anilines is 1. The molecule has 4 aromatic rings. The monoisotopic (exact) mass is 457 g/mol. The number of hydrogen-bond donors (Lipinski definition) is 2. The van der Waals surface area contributed by atoms with E-state index in [1.807, 2.05) is 25.1 Å². The lowest BCUT2D eigenvalue weighted by Gasteiger charge is -2.08. The van der Waals surface area contributed by atoms with E-state index in [1.165, 1.54) is 30.5 Å². The summed E-state index contributed by atoms with van der Waals surface area (Å²) in [6.45, 7) is 1.85. The Labute approximate surface area is 182 Å². The molecule has 0 aliphatic heterocycles. The van der Waals surface area contributed by atoms with Gasteiger partial charge in [-0.15, -0.1) is 0 Å². The number of primary sulfonamides is 1. The Morgan fingerprint density at radius 3 is 2.61 bits per heavy atom. The molecule has 3 N–H and O–H groups in total. The summed E-state index contributed by atoms with van der Waals surface area (Å²) in [6.07, 6.45) is 0.541. The van der Waals surface area contributed by atoms with E-state index in [0.29, 0.717) is 16.4 Å². The summed E-state index contributed by atoms with van der Waals surface area (Å²) >= 11 is 5.95. The van der Waals surface area contributed by atoms with Crippen molar-refractivity contribution in [1.29, 1.82) is 0 Å². The average Bonchev–Trinajstić information content (AvgIpc) is 3.11. The van der Waals surface area contributed by atoms with Gasteiger partial charge in [0.2, 0.25) is 10.0 Å². The van der Waals surface area contributed by atoms with E-state index < -0.39 is 16.1 Å². The molecule has 2 heterocycles. The third-order valence-electron chi connectivity index (χ3n) is 4.37. The fourth-order valence-corrected chi connectivity index (χ4v) is 3.61. The molecule has 31 heavy (non-hydrogen) atoms. The molecule has 158 valence electrons. The number of benzene rings is 2. The highest BCUT2D eigenvalue weighted by Gasteiger charge is 2.16. The number of fused-ring (bicyclic) bond motifs is 1. The maximum atomic E-state index is 12.4. The maximum Gasteiger partial charge on any atom is 0.417 e. The number of aromatic nitrogens is 3. The molecule has 0 unspecified atom stereocenters. The first-order valence-electron chi connectivity index (χ1n) is 8.94. The molecule has 0 bridgehead atoms. The lowest BCUT2D eigenvalue weighted by molar-refractivity contribution is 0.215. The predicted molar refractivity (Wildman–Crippen MR) is 116 cm³/mol. The number of nitrogens with two attached hydrogens (primary N) is 1. The molecule has 0 saturated carbocycles. The Morgan fingerprint density at radius 1 is 1.16 bits per heavy atom. The zero-order valence-electron chi connectivity index (χ0n) is 16.1. The standard InChI is InChI=1S/C20H16ClN5O4S/c1-12-9-17(13-5-7-14(21)8-6-13)25-19-18(11-23-26(12)19)30-20(27)24-15-3-2-4-16(10-15)31(22,28)29/h2-11H,1H3,(H,24,27)(H2,22,28,29). The number of ether oxygens (including phenoxy) is 1. The number of amides is 1. The van der Waals surface area contributed by atoms with Crippen LogP contribution in [0.1, 0.15) is 5.69 Å². The van der Waals surface area contributed by atoms with Crippen LogP contribution in [0.25, 0.3) is 16.9 Å². The zero-order chi connectivity index (χ0) is 22.2. The maximum absolute atomic E-state index is 12.4. The molecule has 9 nitrogen and oxygen atoms in total. The summed E-state index contributed by atoms with van der Waals surface area (Å²) in [6, 6.07) is 14.6. The second-order valence-corrected chi connectivity index (χ2v) is 8.62. The van der Waals surface area contributed by atoms with Gasteiger partial charge in [0, 0.05) is 22.0 Å². The summed E-state index contributed by atoms with van der Waals surface area (Å²) in [4.78, 5) is 16.8. The van der Waals surface area contributed by atoms with Gasteiger partial charge < -0.3 is 4.74 Å². The van der Waals surface area contributed by atoms with E-state index >= 15 is 0 Å². The van der Waals surface area contributed by atoms with Crippen LogP contribution in [0.3, 0.4) is 0 Å². The minimum atomic E-state index is -3.90. The third-order valence-corrected chi connectivity index (χ3v) is 5.53. The Morgan fingerprint density at radius 2 is 1.90 bits per heavy atom. The van der Waals surface area contributed by atoms with Gasteiger partial charge in [-0.05, 0) is 43.3 Å². The number of nitrogens with one attached hydrogen (secondary N) is 1. The van der Waals surface area contributed by atoms with E-state index in [4.69, 9.17) is 21.5 Å². The minimum Gasteiger partial charge on any atom is -0.404 e. The topological polar surface area (TPSA) is 129 Å². The van der Waals surface area contributed by atoms with Gasteiger partial charge in [-0.2, -0.15) is 5.10 Å². The molecule has 0 radical (unpaired) electrons. The number of carbonyl (C=O) groups excluding carboxylic acids is 1. The van der Waals surface area contributed by atoms with Crippen LogP contribution in [0, 0.1) is 6.92 Å². The van der Waals surface area contributed by atoms with Gasteiger partial charge in [-0.3, -0.25) is 5.32 Å². The average molecular weight is 458 g/mol. The van der Waals surface area contributed by atoms with Crippen LogP contribution >= 0.6 is 11.6 Å². The number of sulfonamides is 1. The predicted octanol–water partition coefficient (Wildman–Crippen LogP) is 3.62. The largest absolute Gasteiger partial charge is 0.417 e. The van der Waals surface area contributed by atoms with Crippen LogP contribution in [-0.2, 0) is 10.0 Å². The van der Waals surface area contributed by atoms with Crippen LogP contribution < -0.4 is 15.2 Å². The van der Waals surface area contributed by atoms with Crippen LogP contribution in [0.5, 0.6) is 5.75 Å². The van der Waals surface area contributed by atoms with Gasteiger partial charge in [-0.1, -0.05) is 29.8 Å². The number of halogens is 1. The summed E-state index contributed by atoms with van der Waals surface area (Å²) in [5.74, 6) is 0.138. The van der Waals surface area contributed by atoms with Crippen molar-refractivity contribution < 1.29 is 17.9 Å². The van der Waals surface area contributed by atoms with Gasteiger partial charge in [-0.25, -0.2) is 27.9 Å². The highest BCUT2D eigenvalue weighted by atomic mass is 35.5. The van der Waals surface area contributed by atoms with Crippen LogP contribution in [0.2, 0.25) is 5.02 Å². The van der Waals surface area contributed by atoms with E-state index in [2.05, 4.69) is 15.4 Å². The molecule has 0 saturated heterocycles. The van der Waals surface area contributed by atoms with E-state index in [-0.39, 0.29) is 16.3 Å². The fraction of sp³-hybridized carbons (Fsp3) is 0.0500. The molecule has 1 amide bonds. The Kier molecular flexibility index (Phi) is 5.36. The molecule has 11 heteroatoms. The molecule has 0 aliphatic carbocycles. The van der Waals surface area contributed by atoms with Crippen LogP contribution in [0.4, 0.5) is 10.5 Å². The van der Waals surface area contributed by atoms with Crippen molar-refractivity contribution in [2.75, 3.05) is 5.32 Å². The second kappa shape index (κ2) is 7.99. The molecule has 0 fully saturated rings. The Bertz CT molecular complexity index is 1400. The van der Waals surface area contributed by atoms with E-state index in [9.17, 15) is 13.2 Å². The lowest BCUT2D eigenvalue weighted by Crippen LogP contribution is -2.18. The van der Waals surface area contributed by atoms with Gasteiger partial charge in [0.05, 0.1) is 16.8 Å². The van der Waals surface area contributed by atoms with Crippen molar-refractivity contribution in [2.45, 2.75) is 11.8 Å². The summed E-state index contributed by atoms with van der Waals surface area (Å²) in [5, 5.41) is 12.4. The first kappa shape index (κ1) is 20.8. The van der Waals surface area contributed by atoms with E-state index in [0.717, 1.165) is 11.3 Å². The molecular weight excluding hydrogens is 442 g/mol. The fourth-order valence-electron chi connectivity index (χ4n) is 2.93. The summed E-state index contributed by atoms with van der Waals surface area (Å²) in [7, 11) is -3.90. The molecule has 0 aliphatic rings. The minimum absolute atomic E-state index is 0.133. The smallest absolute Gasteiger partial charge is 0.404 e. The van der Waals surface area contributed by atoms with Gasteiger partial charge in [0.1, 0.15) is 0 Å². The van der Waals surface area contributed by atoms with Crippen molar-refractivity contribution in [3.63, 3.8) is 0 Å². The number of rotatable bonds is 4.